The molecule has 88 valence electrons. The van der Waals surface area contributed by atoms with E-state index in [0.29, 0.717) is 23.9 Å². The van der Waals surface area contributed by atoms with Crippen molar-refractivity contribution >= 4 is 17.5 Å². The molecule has 2 heterocycles. The molecule has 5 heteroatoms. The molecule has 1 aliphatic rings. The van der Waals surface area contributed by atoms with E-state index in [0.717, 1.165) is 13.0 Å². The van der Waals surface area contributed by atoms with E-state index in [-0.39, 0.29) is 11.3 Å². The topological polar surface area (TPSA) is 46.3 Å². The number of amides is 1. The Bertz CT molecular complexity index is 391. The smallest absolute Gasteiger partial charge is 0.291 e. The molecule has 2 rings (SSSR count). The highest BCUT2D eigenvalue weighted by Crippen LogP contribution is 2.23. The van der Waals surface area contributed by atoms with Crippen LogP contribution in [0.3, 0.4) is 0 Å². The molecule has 1 aliphatic heterocycles. The minimum Gasteiger partial charge on any atom is -0.438 e. The van der Waals surface area contributed by atoms with Crippen LogP contribution in [0.2, 0.25) is 0 Å². The first kappa shape index (κ1) is 11.5. The number of halogens is 1. The van der Waals surface area contributed by atoms with E-state index >= 15 is 0 Å². The molecule has 1 aromatic rings. The van der Waals surface area contributed by atoms with Crippen molar-refractivity contribution < 1.29 is 9.21 Å². The molecule has 16 heavy (non-hydrogen) atoms. The quantitative estimate of drug-likeness (QED) is 0.709. The first-order valence-electron chi connectivity index (χ1n) is 5.43. The SMILES string of the molecule is Cc1ncoc1C(=O)N1CCC(C)C(Cl)C1. The Labute approximate surface area is 99.6 Å². The van der Waals surface area contributed by atoms with E-state index in [1.54, 1.807) is 11.8 Å². The van der Waals surface area contributed by atoms with Gasteiger partial charge in [0, 0.05) is 13.1 Å². The molecule has 0 bridgehead atoms. The molecule has 0 N–H and O–H groups in total. The van der Waals surface area contributed by atoms with Gasteiger partial charge in [0.1, 0.15) is 0 Å². The second-order valence-corrected chi connectivity index (χ2v) is 4.86. The minimum atomic E-state index is -0.104. The van der Waals surface area contributed by atoms with Crippen LogP contribution in [0.25, 0.3) is 0 Å². The third-order valence-corrected chi connectivity index (χ3v) is 3.66. The normalized spacial score (nSPS) is 25.8. The van der Waals surface area contributed by atoms with Gasteiger partial charge in [0.25, 0.3) is 5.91 Å². The fourth-order valence-corrected chi connectivity index (χ4v) is 2.15. The zero-order chi connectivity index (χ0) is 11.7. The number of aromatic nitrogens is 1. The lowest BCUT2D eigenvalue weighted by atomic mass is 9.98. The van der Waals surface area contributed by atoms with Crippen molar-refractivity contribution in [3.63, 3.8) is 0 Å². The Morgan fingerprint density at radius 1 is 1.69 bits per heavy atom. The summed E-state index contributed by atoms with van der Waals surface area (Å²) in [6.07, 6.45) is 2.24. The van der Waals surface area contributed by atoms with E-state index < -0.39 is 0 Å². The zero-order valence-corrected chi connectivity index (χ0v) is 10.2. The Balaban J connectivity index is 2.09. The van der Waals surface area contributed by atoms with Crippen LogP contribution in [0.5, 0.6) is 0 Å². The van der Waals surface area contributed by atoms with E-state index in [1.165, 1.54) is 6.39 Å². The average Bonchev–Trinajstić information content (AvgIpc) is 2.67. The van der Waals surface area contributed by atoms with Gasteiger partial charge in [0.15, 0.2) is 6.39 Å². The fourth-order valence-electron chi connectivity index (χ4n) is 1.86. The van der Waals surface area contributed by atoms with Gasteiger partial charge in [-0.3, -0.25) is 4.79 Å². The third-order valence-electron chi connectivity index (χ3n) is 3.09. The molecule has 0 spiro atoms. The standard InChI is InChI=1S/C11H15ClN2O2/c1-7-3-4-14(5-9(7)12)11(15)10-8(2)13-6-16-10/h6-7,9H,3-5H2,1-2H3. The van der Waals surface area contributed by atoms with Crippen molar-refractivity contribution in [1.82, 2.24) is 9.88 Å². The number of alkyl halides is 1. The molecule has 1 saturated heterocycles. The Kier molecular flexibility index (Phi) is 3.19. The first-order chi connectivity index (χ1) is 7.59. The number of carbonyl (C=O) groups is 1. The summed E-state index contributed by atoms with van der Waals surface area (Å²) in [7, 11) is 0. The lowest BCUT2D eigenvalue weighted by Crippen LogP contribution is -2.43. The molecule has 2 atom stereocenters. The lowest BCUT2D eigenvalue weighted by Gasteiger charge is -2.33. The summed E-state index contributed by atoms with van der Waals surface area (Å²) in [5.41, 5.74) is 0.634. The van der Waals surface area contributed by atoms with Crippen LogP contribution >= 0.6 is 11.6 Å². The van der Waals surface area contributed by atoms with Crippen molar-refractivity contribution in [3.8, 4) is 0 Å². The molecule has 1 aromatic heterocycles. The number of nitrogens with zero attached hydrogens (tertiary/aromatic N) is 2. The van der Waals surface area contributed by atoms with Gasteiger partial charge in [-0.1, -0.05) is 6.92 Å². The summed E-state index contributed by atoms with van der Waals surface area (Å²) in [4.78, 5) is 17.7. The zero-order valence-electron chi connectivity index (χ0n) is 9.44. The van der Waals surface area contributed by atoms with Gasteiger partial charge in [0.05, 0.1) is 11.1 Å². The van der Waals surface area contributed by atoms with Crippen LogP contribution in [0.15, 0.2) is 10.8 Å². The number of aryl methyl sites for hydroxylation is 1. The van der Waals surface area contributed by atoms with Crippen LogP contribution in [0.4, 0.5) is 0 Å². The van der Waals surface area contributed by atoms with Gasteiger partial charge in [-0.05, 0) is 19.3 Å². The monoisotopic (exact) mass is 242 g/mol. The highest BCUT2D eigenvalue weighted by atomic mass is 35.5. The summed E-state index contributed by atoms with van der Waals surface area (Å²) in [6, 6.07) is 0. The summed E-state index contributed by atoms with van der Waals surface area (Å²) >= 11 is 6.17. The third kappa shape index (κ3) is 2.07. The van der Waals surface area contributed by atoms with E-state index in [1.807, 2.05) is 0 Å². The fraction of sp³-hybridized carbons (Fsp3) is 0.636. The van der Waals surface area contributed by atoms with Gasteiger partial charge in [-0.25, -0.2) is 4.98 Å². The van der Waals surface area contributed by atoms with Gasteiger partial charge in [-0.2, -0.15) is 0 Å². The van der Waals surface area contributed by atoms with Crippen LogP contribution in [-0.4, -0.2) is 34.3 Å². The molecule has 1 amide bonds. The lowest BCUT2D eigenvalue weighted by molar-refractivity contribution is 0.0668. The van der Waals surface area contributed by atoms with Crippen molar-refractivity contribution in [2.24, 2.45) is 5.92 Å². The highest BCUT2D eigenvalue weighted by Gasteiger charge is 2.30. The Morgan fingerprint density at radius 3 is 3.00 bits per heavy atom. The minimum absolute atomic E-state index is 0.0286. The maximum Gasteiger partial charge on any atom is 0.291 e. The van der Waals surface area contributed by atoms with E-state index in [9.17, 15) is 4.79 Å². The van der Waals surface area contributed by atoms with Crippen LogP contribution in [0, 0.1) is 12.8 Å². The Morgan fingerprint density at radius 2 is 2.44 bits per heavy atom. The number of hydrogen-bond acceptors (Lipinski definition) is 3. The second kappa shape index (κ2) is 4.45. The van der Waals surface area contributed by atoms with Crippen LogP contribution < -0.4 is 0 Å². The number of likely N-dealkylation sites (tertiary alicyclic amines) is 1. The van der Waals surface area contributed by atoms with E-state index in [2.05, 4.69) is 11.9 Å². The van der Waals surface area contributed by atoms with Crippen molar-refractivity contribution in [1.29, 1.82) is 0 Å². The maximum absolute atomic E-state index is 12.1. The number of rotatable bonds is 1. The maximum atomic E-state index is 12.1. The number of carbonyl (C=O) groups excluding carboxylic acids is 1. The van der Waals surface area contributed by atoms with Gasteiger partial charge < -0.3 is 9.32 Å². The van der Waals surface area contributed by atoms with Crippen molar-refractivity contribution in [2.75, 3.05) is 13.1 Å². The summed E-state index contributed by atoms with van der Waals surface area (Å²) in [5, 5.41) is 0.0286. The number of piperidine rings is 1. The number of oxazole rings is 1. The summed E-state index contributed by atoms with van der Waals surface area (Å²) in [6.45, 7) is 5.20. The molecule has 0 aliphatic carbocycles. The highest BCUT2D eigenvalue weighted by molar-refractivity contribution is 6.21. The van der Waals surface area contributed by atoms with Crippen LogP contribution in [-0.2, 0) is 0 Å². The van der Waals surface area contributed by atoms with Crippen molar-refractivity contribution in [2.45, 2.75) is 25.6 Å². The van der Waals surface area contributed by atoms with Gasteiger partial charge in [0.2, 0.25) is 5.76 Å². The Hall–Kier alpha value is -1.03. The largest absolute Gasteiger partial charge is 0.438 e. The molecule has 0 saturated carbocycles. The van der Waals surface area contributed by atoms with Crippen molar-refractivity contribution in [3.05, 3.63) is 17.8 Å². The molecule has 2 unspecified atom stereocenters. The summed E-state index contributed by atoms with van der Waals surface area (Å²) < 4.78 is 5.10. The molecule has 0 aromatic carbocycles. The predicted molar refractivity (Wildman–Crippen MR) is 60.6 cm³/mol. The predicted octanol–water partition coefficient (Wildman–Crippen LogP) is 2.07. The second-order valence-electron chi connectivity index (χ2n) is 4.30. The van der Waals surface area contributed by atoms with Crippen LogP contribution in [0.1, 0.15) is 29.6 Å². The average molecular weight is 243 g/mol. The molecule has 0 radical (unpaired) electrons. The van der Waals surface area contributed by atoms with Gasteiger partial charge in [-0.15, -0.1) is 11.6 Å². The molecular weight excluding hydrogens is 228 g/mol. The number of hydrogen-bond donors (Lipinski definition) is 0. The molecule has 1 fully saturated rings. The molecular formula is C11H15ClN2O2. The van der Waals surface area contributed by atoms with Gasteiger partial charge >= 0.3 is 0 Å². The summed E-state index contributed by atoms with van der Waals surface area (Å²) in [5.74, 6) is 0.688. The first-order valence-corrected chi connectivity index (χ1v) is 5.86. The van der Waals surface area contributed by atoms with E-state index in [4.69, 9.17) is 16.0 Å². The molecule has 4 nitrogen and oxygen atoms in total.